The molecule has 0 amide bonds. The lowest BCUT2D eigenvalue weighted by Gasteiger charge is -2.38. The Morgan fingerprint density at radius 2 is 2.37 bits per heavy atom. The summed E-state index contributed by atoms with van der Waals surface area (Å²) in [5.41, 5.74) is 2.44. The molecule has 0 spiro atoms. The van der Waals surface area contributed by atoms with E-state index in [1.54, 1.807) is 0 Å². The van der Waals surface area contributed by atoms with E-state index < -0.39 is 0 Å². The predicted molar refractivity (Wildman–Crippen MR) is 79.6 cm³/mol. The van der Waals surface area contributed by atoms with Gasteiger partial charge in [0.1, 0.15) is 0 Å². The molecule has 1 saturated heterocycles. The first-order chi connectivity index (χ1) is 9.38. The second kappa shape index (κ2) is 5.61. The van der Waals surface area contributed by atoms with Crippen LogP contribution < -0.4 is 10.2 Å². The molecule has 0 radical (unpaired) electrons. The number of hydrogen-bond donors (Lipinski definition) is 2. The highest BCUT2D eigenvalue weighted by Crippen LogP contribution is 2.24. The van der Waals surface area contributed by atoms with Crippen molar-refractivity contribution in [2.45, 2.75) is 32.2 Å². The van der Waals surface area contributed by atoms with E-state index in [1.807, 2.05) is 6.20 Å². The number of nitrogens with zero attached hydrogens (tertiary/aromatic N) is 2. The Morgan fingerprint density at radius 1 is 1.42 bits per heavy atom. The number of aromatic amines is 1. The lowest BCUT2D eigenvalue weighted by atomic mass is 10.0. The van der Waals surface area contributed by atoms with Crippen LogP contribution in [0.1, 0.15) is 26.2 Å². The number of unbranched alkanes of at least 4 members (excludes halogenated alkanes) is 1. The highest BCUT2D eigenvalue weighted by atomic mass is 15.2. The standard InChI is InChI=1S/C15H22N4/c1-2-3-4-14-11-16-7-8-19(14)13-5-6-15-12(9-13)10-17-18-15/h5-6,9-10,14,16H,2-4,7-8,11H2,1H3,(H,17,18). The number of aromatic nitrogens is 2. The predicted octanol–water partition coefficient (Wildman–Crippen LogP) is 2.53. The van der Waals surface area contributed by atoms with Crippen molar-refractivity contribution < 1.29 is 0 Å². The van der Waals surface area contributed by atoms with Crippen LogP contribution in [0, 0.1) is 0 Å². The minimum atomic E-state index is 0.623. The maximum atomic E-state index is 4.10. The van der Waals surface area contributed by atoms with E-state index in [2.05, 4.69) is 45.5 Å². The summed E-state index contributed by atoms with van der Waals surface area (Å²) in [7, 11) is 0. The molecular weight excluding hydrogens is 236 g/mol. The van der Waals surface area contributed by atoms with E-state index in [4.69, 9.17) is 0 Å². The number of rotatable bonds is 4. The van der Waals surface area contributed by atoms with E-state index >= 15 is 0 Å². The molecule has 1 aliphatic rings. The second-order valence-corrected chi connectivity index (χ2v) is 5.34. The van der Waals surface area contributed by atoms with Crippen molar-refractivity contribution in [2.75, 3.05) is 24.5 Å². The van der Waals surface area contributed by atoms with Crippen LogP contribution in [-0.2, 0) is 0 Å². The van der Waals surface area contributed by atoms with E-state index in [0.29, 0.717) is 6.04 Å². The fraction of sp³-hybridized carbons (Fsp3) is 0.533. The second-order valence-electron chi connectivity index (χ2n) is 5.34. The number of nitrogens with one attached hydrogen (secondary N) is 2. The van der Waals surface area contributed by atoms with Crippen LogP contribution in [0.2, 0.25) is 0 Å². The van der Waals surface area contributed by atoms with Gasteiger partial charge in [0, 0.05) is 36.7 Å². The van der Waals surface area contributed by atoms with Gasteiger partial charge in [0.25, 0.3) is 0 Å². The van der Waals surface area contributed by atoms with Crippen molar-refractivity contribution in [1.82, 2.24) is 15.5 Å². The lowest BCUT2D eigenvalue weighted by Crippen LogP contribution is -2.51. The summed E-state index contributed by atoms with van der Waals surface area (Å²) in [5, 5.41) is 11.8. The number of H-pyrrole nitrogens is 1. The zero-order chi connectivity index (χ0) is 13.1. The van der Waals surface area contributed by atoms with Crippen LogP contribution >= 0.6 is 0 Å². The SMILES string of the molecule is CCCCC1CNCCN1c1ccc2[nH]ncc2c1. The van der Waals surface area contributed by atoms with Crippen molar-refractivity contribution in [3.8, 4) is 0 Å². The summed E-state index contributed by atoms with van der Waals surface area (Å²) in [5.74, 6) is 0. The third-order valence-corrected chi connectivity index (χ3v) is 4.00. The number of fused-ring (bicyclic) bond motifs is 1. The Labute approximate surface area is 114 Å². The molecule has 1 aromatic carbocycles. The fourth-order valence-corrected chi connectivity index (χ4v) is 2.91. The molecule has 1 fully saturated rings. The van der Waals surface area contributed by atoms with Crippen LogP contribution in [0.3, 0.4) is 0 Å². The zero-order valence-electron chi connectivity index (χ0n) is 11.5. The Balaban J connectivity index is 1.84. The summed E-state index contributed by atoms with van der Waals surface area (Å²) < 4.78 is 0. The van der Waals surface area contributed by atoms with E-state index in [0.717, 1.165) is 25.2 Å². The van der Waals surface area contributed by atoms with Gasteiger partial charge in [-0.05, 0) is 24.6 Å². The number of hydrogen-bond acceptors (Lipinski definition) is 3. The van der Waals surface area contributed by atoms with Gasteiger partial charge in [-0.3, -0.25) is 5.10 Å². The van der Waals surface area contributed by atoms with Crippen LogP contribution in [0.4, 0.5) is 5.69 Å². The van der Waals surface area contributed by atoms with Gasteiger partial charge < -0.3 is 10.2 Å². The Kier molecular flexibility index (Phi) is 3.69. The maximum Gasteiger partial charge on any atom is 0.0651 e. The molecule has 1 atom stereocenters. The lowest BCUT2D eigenvalue weighted by molar-refractivity contribution is 0.443. The summed E-state index contributed by atoms with van der Waals surface area (Å²) in [4.78, 5) is 2.55. The smallest absolute Gasteiger partial charge is 0.0651 e. The third kappa shape index (κ3) is 2.59. The van der Waals surface area contributed by atoms with Crippen LogP contribution in [0.25, 0.3) is 10.9 Å². The minimum Gasteiger partial charge on any atom is -0.366 e. The van der Waals surface area contributed by atoms with Crippen LogP contribution in [0.15, 0.2) is 24.4 Å². The van der Waals surface area contributed by atoms with Gasteiger partial charge in [-0.1, -0.05) is 19.8 Å². The molecule has 19 heavy (non-hydrogen) atoms. The fourth-order valence-electron chi connectivity index (χ4n) is 2.91. The van der Waals surface area contributed by atoms with Gasteiger partial charge in [-0.2, -0.15) is 5.10 Å². The molecular formula is C15H22N4. The summed E-state index contributed by atoms with van der Waals surface area (Å²) >= 11 is 0. The van der Waals surface area contributed by atoms with Crippen molar-refractivity contribution in [2.24, 2.45) is 0 Å². The molecule has 102 valence electrons. The summed E-state index contributed by atoms with van der Waals surface area (Å²) in [6, 6.07) is 7.22. The van der Waals surface area contributed by atoms with E-state index in [9.17, 15) is 0 Å². The van der Waals surface area contributed by atoms with Crippen molar-refractivity contribution >= 4 is 16.6 Å². The Morgan fingerprint density at radius 3 is 3.26 bits per heavy atom. The molecule has 4 nitrogen and oxygen atoms in total. The average Bonchev–Trinajstić information content (AvgIpc) is 2.92. The highest BCUT2D eigenvalue weighted by Gasteiger charge is 2.21. The zero-order valence-corrected chi connectivity index (χ0v) is 11.5. The molecule has 0 bridgehead atoms. The van der Waals surface area contributed by atoms with Gasteiger partial charge >= 0.3 is 0 Å². The molecule has 4 heteroatoms. The Bertz CT molecular complexity index is 534. The van der Waals surface area contributed by atoms with E-state index in [-0.39, 0.29) is 0 Å². The van der Waals surface area contributed by atoms with Crippen LogP contribution in [-0.4, -0.2) is 35.9 Å². The molecule has 2 aromatic rings. The molecule has 0 aliphatic carbocycles. The number of piperazine rings is 1. The monoisotopic (exact) mass is 258 g/mol. The number of benzene rings is 1. The van der Waals surface area contributed by atoms with Gasteiger partial charge in [-0.25, -0.2) is 0 Å². The first-order valence-electron chi connectivity index (χ1n) is 7.29. The molecule has 0 saturated carbocycles. The molecule has 1 aromatic heterocycles. The number of anilines is 1. The molecule has 1 unspecified atom stereocenters. The molecule has 3 rings (SSSR count). The quantitative estimate of drug-likeness (QED) is 0.885. The highest BCUT2D eigenvalue weighted by molar-refractivity contribution is 5.82. The van der Waals surface area contributed by atoms with Crippen molar-refractivity contribution in [1.29, 1.82) is 0 Å². The topological polar surface area (TPSA) is 44.0 Å². The minimum absolute atomic E-state index is 0.623. The van der Waals surface area contributed by atoms with Crippen molar-refractivity contribution in [3.05, 3.63) is 24.4 Å². The first kappa shape index (κ1) is 12.5. The largest absolute Gasteiger partial charge is 0.366 e. The normalized spacial score (nSPS) is 20.1. The Hall–Kier alpha value is -1.55. The first-order valence-corrected chi connectivity index (χ1v) is 7.29. The van der Waals surface area contributed by atoms with Gasteiger partial charge in [0.05, 0.1) is 11.7 Å². The van der Waals surface area contributed by atoms with Gasteiger partial charge in [0.2, 0.25) is 0 Å². The molecule has 1 aliphatic heterocycles. The average molecular weight is 258 g/mol. The summed E-state index contributed by atoms with van der Waals surface area (Å²) in [6.07, 6.45) is 5.75. The molecule has 2 N–H and O–H groups in total. The van der Waals surface area contributed by atoms with Gasteiger partial charge in [0.15, 0.2) is 0 Å². The van der Waals surface area contributed by atoms with Crippen LogP contribution in [0.5, 0.6) is 0 Å². The van der Waals surface area contributed by atoms with E-state index in [1.165, 1.54) is 30.3 Å². The van der Waals surface area contributed by atoms with Crippen molar-refractivity contribution in [3.63, 3.8) is 0 Å². The summed E-state index contributed by atoms with van der Waals surface area (Å²) in [6.45, 7) is 5.53. The molecule has 2 heterocycles. The maximum absolute atomic E-state index is 4.10. The third-order valence-electron chi connectivity index (χ3n) is 4.00. The van der Waals surface area contributed by atoms with Gasteiger partial charge in [-0.15, -0.1) is 0 Å².